The molecule has 1 rings (SSSR count). The van der Waals surface area contributed by atoms with Crippen molar-refractivity contribution in [2.45, 2.75) is 37.9 Å². The van der Waals surface area contributed by atoms with E-state index in [0.29, 0.717) is 6.42 Å². The first-order valence-electron chi connectivity index (χ1n) is 4.17. The number of hydrogen-bond acceptors (Lipinski definition) is 4. The molecule has 2 unspecified atom stereocenters. The summed E-state index contributed by atoms with van der Waals surface area (Å²) in [6, 6.07) is 0. The van der Waals surface area contributed by atoms with E-state index in [1.54, 1.807) is 14.2 Å². The molecular weight excluding hydrogens is 160 g/mol. The molecule has 1 aliphatic rings. The lowest BCUT2D eigenvalue weighted by atomic mass is 10.1. The summed E-state index contributed by atoms with van der Waals surface area (Å²) in [5, 5.41) is 9.19. The third kappa shape index (κ3) is 2.42. The normalized spacial score (nSPS) is 31.0. The van der Waals surface area contributed by atoms with Crippen LogP contribution in [0.4, 0.5) is 0 Å². The van der Waals surface area contributed by atoms with Crippen molar-refractivity contribution in [2.75, 3.05) is 14.2 Å². The van der Waals surface area contributed by atoms with Gasteiger partial charge in [0.15, 0.2) is 12.6 Å². The Labute approximate surface area is 72.4 Å². The number of aliphatic hydroxyl groups is 1. The van der Waals surface area contributed by atoms with E-state index in [0.717, 1.165) is 12.8 Å². The average molecular weight is 176 g/mol. The third-order valence-electron chi connectivity index (χ3n) is 2.04. The summed E-state index contributed by atoms with van der Waals surface area (Å²) in [4.78, 5) is 0. The van der Waals surface area contributed by atoms with Crippen LogP contribution in [0.15, 0.2) is 0 Å². The van der Waals surface area contributed by atoms with Gasteiger partial charge in [0, 0.05) is 14.2 Å². The number of ether oxygens (including phenoxy) is 3. The van der Waals surface area contributed by atoms with Crippen LogP contribution in [0.5, 0.6) is 0 Å². The minimum absolute atomic E-state index is 0.135. The van der Waals surface area contributed by atoms with Gasteiger partial charge >= 0.3 is 0 Å². The maximum Gasteiger partial charge on any atom is 0.183 e. The van der Waals surface area contributed by atoms with Crippen molar-refractivity contribution in [2.24, 2.45) is 0 Å². The molecule has 0 bridgehead atoms. The lowest BCUT2D eigenvalue weighted by molar-refractivity contribution is -0.246. The van der Waals surface area contributed by atoms with Crippen LogP contribution in [-0.4, -0.2) is 38.0 Å². The molecule has 0 aromatic rings. The van der Waals surface area contributed by atoms with E-state index >= 15 is 0 Å². The summed E-state index contributed by atoms with van der Waals surface area (Å²) in [7, 11) is 3.14. The van der Waals surface area contributed by atoms with Gasteiger partial charge < -0.3 is 19.3 Å². The van der Waals surface area contributed by atoms with E-state index in [4.69, 9.17) is 14.2 Å². The molecule has 0 spiro atoms. The van der Waals surface area contributed by atoms with E-state index in [9.17, 15) is 5.11 Å². The Morgan fingerprint density at radius 2 is 2.00 bits per heavy atom. The summed E-state index contributed by atoms with van der Waals surface area (Å²) < 4.78 is 15.3. The zero-order valence-electron chi connectivity index (χ0n) is 7.53. The van der Waals surface area contributed by atoms with Crippen LogP contribution >= 0.6 is 0 Å². The van der Waals surface area contributed by atoms with Crippen LogP contribution in [0, 0.1) is 0 Å². The van der Waals surface area contributed by atoms with Gasteiger partial charge in [0.05, 0.1) is 0 Å². The monoisotopic (exact) mass is 176 g/mol. The van der Waals surface area contributed by atoms with Crippen LogP contribution < -0.4 is 0 Å². The molecule has 1 N–H and O–H groups in total. The molecule has 0 radical (unpaired) electrons. The third-order valence-corrected chi connectivity index (χ3v) is 2.04. The van der Waals surface area contributed by atoms with Crippen molar-refractivity contribution in [3.05, 3.63) is 0 Å². The molecule has 12 heavy (non-hydrogen) atoms. The van der Waals surface area contributed by atoms with Crippen molar-refractivity contribution in [1.82, 2.24) is 0 Å². The fourth-order valence-electron chi connectivity index (χ4n) is 1.43. The highest BCUT2D eigenvalue weighted by molar-refractivity contribution is 4.68. The Balaban J connectivity index is 2.38. The first-order chi connectivity index (χ1) is 5.77. The predicted octanol–water partition coefficient (Wildman–Crippen LogP) is 0.493. The topological polar surface area (TPSA) is 47.9 Å². The molecule has 1 fully saturated rings. The van der Waals surface area contributed by atoms with Crippen molar-refractivity contribution >= 4 is 0 Å². The fraction of sp³-hybridized carbons (Fsp3) is 1.00. The standard InChI is InChI=1S/C8H16O4/c1-10-8(11-2)6-4-3-5-7(9)12-6/h6-9H,3-5H2,1-2H3. The number of hydrogen-bond donors (Lipinski definition) is 1. The lowest BCUT2D eigenvalue weighted by Crippen LogP contribution is -2.38. The molecular formula is C8H16O4. The summed E-state index contributed by atoms with van der Waals surface area (Å²) in [6.45, 7) is 0. The maximum atomic E-state index is 9.19. The van der Waals surface area contributed by atoms with Crippen molar-refractivity contribution in [3.63, 3.8) is 0 Å². The number of methoxy groups -OCH3 is 2. The first kappa shape index (κ1) is 9.92. The van der Waals surface area contributed by atoms with Gasteiger partial charge in [-0.05, 0) is 19.3 Å². The van der Waals surface area contributed by atoms with Gasteiger partial charge in [-0.15, -0.1) is 0 Å². The van der Waals surface area contributed by atoms with Gasteiger partial charge in [0.2, 0.25) is 0 Å². The summed E-state index contributed by atoms with van der Waals surface area (Å²) >= 11 is 0. The van der Waals surface area contributed by atoms with Crippen molar-refractivity contribution in [1.29, 1.82) is 0 Å². The van der Waals surface area contributed by atoms with E-state index in [-0.39, 0.29) is 12.4 Å². The Morgan fingerprint density at radius 1 is 1.33 bits per heavy atom. The fourth-order valence-corrected chi connectivity index (χ4v) is 1.43. The van der Waals surface area contributed by atoms with Crippen LogP contribution in [0.3, 0.4) is 0 Å². The van der Waals surface area contributed by atoms with Crippen molar-refractivity contribution < 1.29 is 19.3 Å². The molecule has 1 saturated heterocycles. The van der Waals surface area contributed by atoms with Gasteiger partial charge in [0.1, 0.15) is 6.10 Å². The van der Waals surface area contributed by atoms with Crippen LogP contribution in [-0.2, 0) is 14.2 Å². The zero-order chi connectivity index (χ0) is 8.97. The molecule has 0 amide bonds. The summed E-state index contributed by atoms with van der Waals surface area (Å²) in [6.07, 6.45) is 1.38. The Morgan fingerprint density at radius 3 is 2.50 bits per heavy atom. The molecule has 0 aliphatic carbocycles. The average Bonchev–Trinajstić information content (AvgIpc) is 2.07. The predicted molar refractivity (Wildman–Crippen MR) is 42.5 cm³/mol. The number of aliphatic hydroxyl groups excluding tert-OH is 1. The van der Waals surface area contributed by atoms with Crippen LogP contribution in [0.25, 0.3) is 0 Å². The van der Waals surface area contributed by atoms with E-state index in [1.165, 1.54) is 0 Å². The summed E-state index contributed by atoms with van der Waals surface area (Å²) in [5.41, 5.74) is 0. The van der Waals surface area contributed by atoms with E-state index in [1.807, 2.05) is 0 Å². The quantitative estimate of drug-likeness (QED) is 0.636. The second-order valence-electron chi connectivity index (χ2n) is 2.90. The van der Waals surface area contributed by atoms with E-state index in [2.05, 4.69) is 0 Å². The molecule has 0 saturated carbocycles. The molecule has 4 nitrogen and oxygen atoms in total. The molecule has 2 atom stereocenters. The van der Waals surface area contributed by atoms with Crippen LogP contribution in [0.2, 0.25) is 0 Å². The molecule has 1 aliphatic heterocycles. The highest BCUT2D eigenvalue weighted by atomic mass is 16.7. The van der Waals surface area contributed by atoms with Crippen molar-refractivity contribution in [3.8, 4) is 0 Å². The maximum absolute atomic E-state index is 9.19. The molecule has 0 aromatic heterocycles. The van der Waals surface area contributed by atoms with Gasteiger partial charge in [-0.25, -0.2) is 0 Å². The zero-order valence-corrected chi connectivity index (χ0v) is 7.53. The highest BCUT2D eigenvalue weighted by Gasteiger charge is 2.27. The summed E-state index contributed by atoms with van der Waals surface area (Å²) in [5.74, 6) is 0. The second kappa shape index (κ2) is 4.77. The van der Waals surface area contributed by atoms with Gasteiger partial charge in [-0.1, -0.05) is 0 Å². The van der Waals surface area contributed by atoms with Gasteiger partial charge in [-0.2, -0.15) is 0 Å². The molecule has 4 heteroatoms. The first-order valence-corrected chi connectivity index (χ1v) is 4.17. The second-order valence-corrected chi connectivity index (χ2v) is 2.90. The highest BCUT2D eigenvalue weighted by Crippen LogP contribution is 2.21. The smallest absolute Gasteiger partial charge is 0.183 e. The Kier molecular flexibility index (Phi) is 3.94. The van der Waals surface area contributed by atoms with Gasteiger partial charge in [0.25, 0.3) is 0 Å². The minimum Gasteiger partial charge on any atom is -0.368 e. The minimum atomic E-state index is -0.656. The SMILES string of the molecule is COC(OC)C1CCCC(O)O1. The lowest BCUT2D eigenvalue weighted by Gasteiger charge is -2.30. The van der Waals surface area contributed by atoms with E-state index < -0.39 is 6.29 Å². The Hall–Kier alpha value is -0.160. The molecule has 0 aromatic carbocycles. The van der Waals surface area contributed by atoms with Gasteiger partial charge in [-0.3, -0.25) is 0 Å². The Bertz CT molecular complexity index is 124. The van der Waals surface area contributed by atoms with Crippen LogP contribution in [0.1, 0.15) is 19.3 Å². The molecule has 1 heterocycles. The molecule has 72 valence electrons. The number of rotatable bonds is 3. The largest absolute Gasteiger partial charge is 0.368 e.